The van der Waals surface area contributed by atoms with Crippen LogP contribution in [0.15, 0.2) is 29.3 Å². The molecule has 114 valence electrons. The fourth-order valence-corrected chi connectivity index (χ4v) is 2.04. The van der Waals surface area contributed by atoms with E-state index in [1.165, 1.54) is 25.1 Å². The minimum Gasteiger partial charge on any atom is -0.476 e. The van der Waals surface area contributed by atoms with Gasteiger partial charge in [0.05, 0.1) is 11.0 Å². The van der Waals surface area contributed by atoms with E-state index < -0.39 is 23.5 Å². The van der Waals surface area contributed by atoms with Gasteiger partial charge in [-0.25, -0.2) is 0 Å². The van der Waals surface area contributed by atoms with Crippen molar-refractivity contribution in [3.05, 3.63) is 44.9 Å². The van der Waals surface area contributed by atoms with Gasteiger partial charge >= 0.3 is 5.69 Å². The first-order valence-corrected chi connectivity index (χ1v) is 6.82. The molecular weight excluding hydrogens is 344 g/mol. The predicted molar refractivity (Wildman–Crippen MR) is 80.1 cm³/mol. The number of amides is 1. The Morgan fingerprint density at radius 1 is 1.67 bits per heavy atom. The van der Waals surface area contributed by atoms with Crippen LogP contribution in [0.5, 0.6) is 5.75 Å². The van der Waals surface area contributed by atoms with Crippen molar-refractivity contribution >= 4 is 27.5 Å². The molecule has 0 saturated heterocycles. The second kappa shape index (κ2) is 7.75. The third-order valence-electron chi connectivity index (χ3n) is 2.50. The van der Waals surface area contributed by atoms with Gasteiger partial charge in [-0.15, -0.1) is 6.58 Å². The van der Waals surface area contributed by atoms with Crippen molar-refractivity contribution in [3.63, 3.8) is 0 Å². The summed E-state index contributed by atoms with van der Waals surface area (Å²) >= 11 is 3.14. The summed E-state index contributed by atoms with van der Waals surface area (Å²) in [5.74, 6) is -0.560. The van der Waals surface area contributed by atoms with Crippen LogP contribution in [0.2, 0.25) is 0 Å². The molecule has 0 aromatic heterocycles. The summed E-state index contributed by atoms with van der Waals surface area (Å²) in [4.78, 5) is 21.9. The van der Waals surface area contributed by atoms with Crippen LogP contribution in [0.25, 0.3) is 0 Å². The molecule has 0 fully saturated rings. The number of nitrogens with one attached hydrogen (secondary N) is 1. The molecule has 0 unspecified atom stereocenters. The molecular formula is C13H15BrN2O5. The van der Waals surface area contributed by atoms with Crippen LogP contribution in [0.1, 0.15) is 18.6 Å². The number of nitro groups is 1. The summed E-state index contributed by atoms with van der Waals surface area (Å²) in [6.45, 7) is 4.79. The number of hydrogen-bond acceptors (Lipinski definition) is 5. The maximum atomic E-state index is 11.5. The average molecular weight is 359 g/mol. The number of carbonyl (C=O) groups excluding carboxylic acids is 1. The second-order valence-corrected chi connectivity index (χ2v) is 5.07. The molecule has 7 nitrogen and oxygen atoms in total. The normalized spacial score (nSPS) is 11.6. The number of carbonyl (C=O) groups is 1. The van der Waals surface area contributed by atoms with Gasteiger partial charge in [-0.3, -0.25) is 14.9 Å². The number of nitro benzene ring substituents is 1. The molecule has 0 aliphatic heterocycles. The largest absolute Gasteiger partial charge is 0.476 e. The Balaban J connectivity index is 3.05. The van der Waals surface area contributed by atoms with E-state index in [9.17, 15) is 20.0 Å². The quantitative estimate of drug-likeness (QED) is 0.441. The number of nitrogens with zero attached hydrogens (tertiary/aromatic N) is 1. The van der Waals surface area contributed by atoms with Gasteiger partial charge in [0.25, 0.3) is 5.91 Å². The molecule has 0 aliphatic rings. The van der Waals surface area contributed by atoms with Crippen molar-refractivity contribution in [2.45, 2.75) is 13.0 Å². The Hall–Kier alpha value is -1.93. The van der Waals surface area contributed by atoms with E-state index in [0.29, 0.717) is 4.47 Å². The van der Waals surface area contributed by atoms with Gasteiger partial charge in [-0.1, -0.05) is 22.0 Å². The Kier molecular flexibility index (Phi) is 6.32. The Labute approximate surface area is 129 Å². The summed E-state index contributed by atoms with van der Waals surface area (Å²) in [6.07, 6.45) is 0.522. The van der Waals surface area contributed by atoms with Crippen molar-refractivity contribution < 1.29 is 19.6 Å². The van der Waals surface area contributed by atoms with E-state index >= 15 is 0 Å². The second-order valence-electron chi connectivity index (χ2n) is 4.16. The van der Waals surface area contributed by atoms with E-state index in [1.54, 1.807) is 0 Å². The zero-order valence-corrected chi connectivity index (χ0v) is 12.9. The first-order valence-electron chi connectivity index (χ1n) is 6.03. The molecule has 2 N–H and O–H groups in total. The van der Waals surface area contributed by atoms with E-state index in [4.69, 9.17) is 4.74 Å². The van der Waals surface area contributed by atoms with Crippen LogP contribution in [0.3, 0.4) is 0 Å². The van der Waals surface area contributed by atoms with E-state index in [0.717, 1.165) is 0 Å². The molecule has 0 bridgehead atoms. The summed E-state index contributed by atoms with van der Waals surface area (Å²) < 4.78 is 5.67. The number of halogens is 1. The van der Waals surface area contributed by atoms with Crippen molar-refractivity contribution in [3.8, 4) is 5.75 Å². The lowest BCUT2D eigenvalue weighted by atomic mass is 10.1. The average Bonchev–Trinajstić information content (AvgIpc) is 2.42. The Morgan fingerprint density at radius 3 is 2.86 bits per heavy atom. The topological polar surface area (TPSA) is 102 Å². The number of benzene rings is 1. The molecule has 1 amide bonds. The molecule has 0 saturated carbocycles. The van der Waals surface area contributed by atoms with E-state index in [2.05, 4.69) is 27.8 Å². The SMILES string of the molecule is C=CCNC(=O)COc1c([C@@H](C)O)cc(Br)cc1[N+](=O)[O-]. The highest BCUT2D eigenvalue weighted by molar-refractivity contribution is 9.10. The molecule has 1 rings (SSSR count). The molecule has 1 aromatic carbocycles. The number of ether oxygens (including phenoxy) is 1. The molecule has 0 spiro atoms. The minimum atomic E-state index is -0.979. The lowest BCUT2D eigenvalue weighted by Gasteiger charge is -2.14. The number of aliphatic hydroxyl groups excluding tert-OH is 1. The van der Waals surface area contributed by atoms with Crippen LogP contribution in [0.4, 0.5) is 5.69 Å². The first kappa shape index (κ1) is 17.1. The highest BCUT2D eigenvalue weighted by Crippen LogP contribution is 2.37. The fraction of sp³-hybridized carbons (Fsp3) is 0.308. The first-order chi connectivity index (χ1) is 9.86. The summed E-state index contributed by atoms with van der Waals surface area (Å²) in [5, 5.41) is 23.3. The lowest BCUT2D eigenvalue weighted by molar-refractivity contribution is -0.386. The van der Waals surface area contributed by atoms with Gasteiger partial charge in [0.2, 0.25) is 5.75 Å². The van der Waals surface area contributed by atoms with Gasteiger partial charge in [0.15, 0.2) is 6.61 Å². The molecule has 21 heavy (non-hydrogen) atoms. The Bertz CT molecular complexity index is 560. The number of aliphatic hydroxyl groups is 1. The summed E-state index contributed by atoms with van der Waals surface area (Å²) in [5.41, 5.74) is -0.0932. The highest BCUT2D eigenvalue weighted by atomic mass is 79.9. The predicted octanol–water partition coefficient (Wildman–Crippen LogP) is 2.09. The zero-order chi connectivity index (χ0) is 16.0. The number of rotatable bonds is 7. The third-order valence-corrected chi connectivity index (χ3v) is 2.96. The smallest absolute Gasteiger partial charge is 0.312 e. The van der Waals surface area contributed by atoms with E-state index in [-0.39, 0.29) is 23.5 Å². The van der Waals surface area contributed by atoms with Gasteiger partial charge < -0.3 is 15.2 Å². The molecule has 1 aromatic rings. The maximum Gasteiger partial charge on any atom is 0.312 e. The monoisotopic (exact) mass is 358 g/mol. The molecule has 0 heterocycles. The summed E-state index contributed by atoms with van der Waals surface area (Å²) in [6, 6.07) is 2.76. The van der Waals surface area contributed by atoms with Crippen molar-refractivity contribution in [1.82, 2.24) is 5.32 Å². The molecule has 0 aliphatic carbocycles. The lowest BCUT2D eigenvalue weighted by Crippen LogP contribution is -2.29. The van der Waals surface area contributed by atoms with Crippen LogP contribution < -0.4 is 10.1 Å². The van der Waals surface area contributed by atoms with Gasteiger partial charge in [0.1, 0.15) is 0 Å². The van der Waals surface area contributed by atoms with Crippen molar-refractivity contribution in [1.29, 1.82) is 0 Å². The minimum absolute atomic E-state index is 0.119. The fourth-order valence-electron chi connectivity index (χ4n) is 1.58. The van der Waals surface area contributed by atoms with Gasteiger partial charge in [-0.2, -0.15) is 0 Å². The zero-order valence-electron chi connectivity index (χ0n) is 11.3. The van der Waals surface area contributed by atoms with Crippen LogP contribution in [0, 0.1) is 10.1 Å². The molecule has 8 heteroatoms. The molecule has 1 atom stereocenters. The van der Waals surface area contributed by atoms with E-state index in [1.807, 2.05) is 0 Å². The number of hydrogen-bond donors (Lipinski definition) is 2. The van der Waals surface area contributed by atoms with Gasteiger partial charge in [0, 0.05) is 22.6 Å². The van der Waals surface area contributed by atoms with Crippen LogP contribution in [-0.4, -0.2) is 29.1 Å². The van der Waals surface area contributed by atoms with Gasteiger partial charge in [-0.05, 0) is 13.0 Å². The Morgan fingerprint density at radius 2 is 2.33 bits per heavy atom. The van der Waals surface area contributed by atoms with Crippen molar-refractivity contribution in [2.24, 2.45) is 0 Å². The van der Waals surface area contributed by atoms with Crippen LogP contribution in [-0.2, 0) is 4.79 Å². The van der Waals surface area contributed by atoms with Crippen LogP contribution >= 0.6 is 15.9 Å². The summed E-state index contributed by atoms with van der Waals surface area (Å²) in [7, 11) is 0. The highest BCUT2D eigenvalue weighted by Gasteiger charge is 2.23. The maximum absolute atomic E-state index is 11.5. The van der Waals surface area contributed by atoms with Crippen molar-refractivity contribution in [2.75, 3.05) is 13.2 Å². The molecule has 0 radical (unpaired) electrons. The standard InChI is InChI=1S/C13H15BrN2O5/c1-3-4-15-12(18)7-21-13-10(8(2)17)5-9(14)6-11(13)16(19)20/h3,5-6,8,17H,1,4,7H2,2H3,(H,15,18)/t8-/m1/s1. The third kappa shape index (κ3) is 4.83.